The molecule has 0 unspecified atom stereocenters. The minimum absolute atomic E-state index is 0.0360. The molecule has 34 heavy (non-hydrogen) atoms. The maximum Gasteiger partial charge on any atom is 0.264 e. The van der Waals surface area contributed by atoms with Crippen molar-refractivity contribution in [3.8, 4) is 0 Å². The lowest BCUT2D eigenvalue weighted by Gasteiger charge is -2.22. The summed E-state index contributed by atoms with van der Waals surface area (Å²) in [5.41, 5.74) is 1.70. The summed E-state index contributed by atoms with van der Waals surface area (Å²) in [7, 11) is -4.09. The zero-order chi connectivity index (χ0) is 24.1. The molecule has 2 aromatic heterocycles. The molecule has 0 saturated heterocycles. The van der Waals surface area contributed by atoms with Gasteiger partial charge in [-0.25, -0.2) is 27.8 Å². The third kappa shape index (κ3) is 5.90. The first kappa shape index (κ1) is 24.1. The maximum absolute atomic E-state index is 14.7. The fourth-order valence-electron chi connectivity index (χ4n) is 3.79. The molecule has 2 heterocycles. The predicted molar refractivity (Wildman–Crippen MR) is 133 cm³/mol. The van der Waals surface area contributed by atoms with Gasteiger partial charge in [-0.15, -0.1) is 0 Å². The van der Waals surface area contributed by atoms with Gasteiger partial charge in [-0.3, -0.25) is 4.72 Å². The zero-order valence-corrected chi connectivity index (χ0v) is 20.2. The predicted octanol–water partition coefficient (Wildman–Crippen LogP) is 5.69. The summed E-state index contributed by atoms with van der Waals surface area (Å²) in [6, 6.07) is 7.57. The van der Waals surface area contributed by atoms with Crippen molar-refractivity contribution in [1.82, 2.24) is 15.0 Å². The Kier molecular flexibility index (Phi) is 7.43. The normalized spacial score (nSPS) is 14.9. The molecule has 7 nitrogen and oxygen atoms in total. The van der Waals surface area contributed by atoms with Crippen LogP contribution >= 0.6 is 11.6 Å². The van der Waals surface area contributed by atoms with Crippen molar-refractivity contribution in [2.75, 3.05) is 10.0 Å². The number of pyridine rings is 1. The molecule has 0 atom stereocenters. The summed E-state index contributed by atoms with van der Waals surface area (Å²) in [5.74, 6) is -0.594. The highest BCUT2D eigenvalue weighted by Gasteiger charge is 2.21. The van der Waals surface area contributed by atoms with E-state index >= 15 is 0 Å². The summed E-state index contributed by atoms with van der Waals surface area (Å²) in [4.78, 5) is 12.7. The van der Waals surface area contributed by atoms with Gasteiger partial charge in [0.25, 0.3) is 10.0 Å². The molecule has 0 amide bonds. The van der Waals surface area contributed by atoms with Gasteiger partial charge in [-0.2, -0.15) is 0 Å². The number of hydrogen-bond donors (Lipinski definition) is 2. The molecule has 10 heteroatoms. The molecule has 1 aliphatic carbocycles. The Labute approximate surface area is 203 Å². The van der Waals surface area contributed by atoms with Crippen LogP contribution in [-0.4, -0.2) is 29.4 Å². The van der Waals surface area contributed by atoms with Crippen molar-refractivity contribution >= 4 is 45.5 Å². The molecule has 2 N–H and O–H groups in total. The van der Waals surface area contributed by atoms with E-state index in [1.54, 1.807) is 37.5 Å². The average Bonchev–Trinajstić information content (AvgIpc) is 2.82. The van der Waals surface area contributed by atoms with Crippen molar-refractivity contribution in [3.05, 3.63) is 70.4 Å². The number of benzene rings is 1. The topological polar surface area (TPSA) is 96.9 Å². The number of aryl methyl sites for hydroxylation is 1. The number of aromatic nitrogens is 3. The van der Waals surface area contributed by atoms with Gasteiger partial charge in [0.1, 0.15) is 4.90 Å². The summed E-state index contributed by atoms with van der Waals surface area (Å²) >= 11 is 5.97. The third-order valence-corrected chi connectivity index (χ3v) is 7.47. The molecule has 0 radical (unpaired) electrons. The number of anilines is 2. The molecule has 178 valence electrons. The number of rotatable bonds is 7. The van der Waals surface area contributed by atoms with Crippen LogP contribution in [0.3, 0.4) is 0 Å². The fourth-order valence-corrected chi connectivity index (χ4v) is 5.32. The highest BCUT2D eigenvalue weighted by atomic mass is 35.5. The monoisotopic (exact) mass is 501 g/mol. The van der Waals surface area contributed by atoms with E-state index in [-0.39, 0.29) is 9.92 Å². The molecule has 1 saturated carbocycles. The van der Waals surface area contributed by atoms with Crippen molar-refractivity contribution in [3.63, 3.8) is 0 Å². The van der Waals surface area contributed by atoms with E-state index in [4.69, 9.17) is 11.6 Å². The minimum atomic E-state index is -4.09. The first-order valence-electron chi connectivity index (χ1n) is 11.0. The average molecular weight is 502 g/mol. The minimum Gasteiger partial charge on any atom is -0.351 e. The van der Waals surface area contributed by atoms with Crippen molar-refractivity contribution in [2.24, 2.45) is 0 Å². The molecule has 1 fully saturated rings. The second-order valence-electron chi connectivity index (χ2n) is 8.18. The summed E-state index contributed by atoms with van der Waals surface area (Å²) in [5, 5.41) is 3.40. The van der Waals surface area contributed by atoms with E-state index in [9.17, 15) is 12.8 Å². The first-order valence-corrected chi connectivity index (χ1v) is 12.9. The van der Waals surface area contributed by atoms with Crippen molar-refractivity contribution < 1.29 is 12.8 Å². The molecule has 0 bridgehead atoms. The van der Waals surface area contributed by atoms with Crippen LogP contribution in [-0.2, 0) is 10.0 Å². The van der Waals surface area contributed by atoms with Gasteiger partial charge in [0.15, 0.2) is 11.6 Å². The molecule has 0 aliphatic heterocycles. The number of sulfonamides is 1. The van der Waals surface area contributed by atoms with Crippen molar-refractivity contribution in [2.45, 2.75) is 50.0 Å². The van der Waals surface area contributed by atoms with Gasteiger partial charge in [0.05, 0.1) is 5.02 Å². The summed E-state index contributed by atoms with van der Waals surface area (Å²) in [6.45, 7) is 1.67. The second kappa shape index (κ2) is 10.5. The first-order chi connectivity index (χ1) is 16.3. The van der Waals surface area contributed by atoms with E-state index in [0.717, 1.165) is 18.4 Å². The largest absolute Gasteiger partial charge is 0.351 e. The van der Waals surface area contributed by atoms with Crippen LogP contribution in [0.4, 0.5) is 16.2 Å². The van der Waals surface area contributed by atoms with Crippen LogP contribution in [0.2, 0.25) is 5.02 Å². The lowest BCUT2D eigenvalue weighted by molar-refractivity contribution is 0.461. The standard InChI is InChI=1S/C24H25ClFN5O2S/c1-16-18(12-11-17-14-27-24(28-15-17)30-19-7-3-2-4-8-19)13-21(26)23(29-16)31-34(32,33)22-10-6-5-9-20(22)25/h5-6,9-15,19H,2-4,7-8H2,1H3,(H,29,31)(H,27,28,30)/b12-11+. The van der Waals surface area contributed by atoms with Crippen LogP contribution in [0.15, 0.2) is 47.6 Å². The number of halogens is 2. The van der Waals surface area contributed by atoms with Crippen LogP contribution in [0.25, 0.3) is 12.2 Å². The van der Waals surface area contributed by atoms with E-state index in [0.29, 0.717) is 23.2 Å². The highest BCUT2D eigenvalue weighted by molar-refractivity contribution is 7.92. The van der Waals surface area contributed by atoms with Gasteiger partial charge < -0.3 is 5.32 Å². The number of hydrogen-bond acceptors (Lipinski definition) is 6. The van der Waals surface area contributed by atoms with Crippen LogP contribution < -0.4 is 10.0 Å². The molecule has 1 aromatic carbocycles. The van der Waals surface area contributed by atoms with Gasteiger partial charge in [-0.1, -0.05) is 55.1 Å². The van der Waals surface area contributed by atoms with E-state index in [1.807, 2.05) is 0 Å². The Hall–Kier alpha value is -3.04. The van der Waals surface area contributed by atoms with Crippen LogP contribution in [0.1, 0.15) is 48.9 Å². The van der Waals surface area contributed by atoms with Crippen molar-refractivity contribution in [1.29, 1.82) is 0 Å². The van der Waals surface area contributed by atoms with Gasteiger partial charge in [0, 0.05) is 29.7 Å². The molecule has 4 rings (SSSR count). The number of nitrogens with one attached hydrogen (secondary N) is 2. The summed E-state index contributed by atoms with van der Waals surface area (Å²) in [6.07, 6.45) is 12.8. The molecular weight excluding hydrogens is 477 g/mol. The maximum atomic E-state index is 14.7. The van der Waals surface area contributed by atoms with Gasteiger partial charge in [-0.05, 0) is 43.5 Å². The zero-order valence-electron chi connectivity index (χ0n) is 18.6. The summed E-state index contributed by atoms with van der Waals surface area (Å²) < 4.78 is 42.1. The molecular formula is C24H25ClFN5O2S. The Morgan fingerprint density at radius 3 is 2.50 bits per heavy atom. The van der Waals surface area contributed by atoms with Gasteiger partial charge >= 0.3 is 0 Å². The molecule has 1 aliphatic rings. The van der Waals surface area contributed by atoms with E-state index in [1.165, 1.54) is 43.5 Å². The Bertz CT molecular complexity index is 1290. The fraction of sp³-hybridized carbons (Fsp3) is 0.292. The van der Waals surface area contributed by atoms with Gasteiger partial charge in [0.2, 0.25) is 5.95 Å². The highest BCUT2D eigenvalue weighted by Crippen LogP contribution is 2.25. The smallest absolute Gasteiger partial charge is 0.264 e. The molecule has 3 aromatic rings. The third-order valence-electron chi connectivity index (χ3n) is 5.63. The number of nitrogens with zero attached hydrogens (tertiary/aromatic N) is 3. The van der Waals surface area contributed by atoms with Crippen LogP contribution in [0, 0.1) is 12.7 Å². The Morgan fingerprint density at radius 1 is 1.09 bits per heavy atom. The SMILES string of the molecule is Cc1nc(NS(=O)(=O)c2ccccc2Cl)c(F)cc1/C=C/c1cnc(NC2CCCCC2)nc1. The second-order valence-corrected chi connectivity index (χ2v) is 10.2. The molecule has 0 spiro atoms. The van der Waals surface area contributed by atoms with Crippen LogP contribution in [0.5, 0.6) is 0 Å². The quantitative estimate of drug-likeness (QED) is 0.431. The lowest BCUT2D eigenvalue weighted by atomic mass is 9.96. The Balaban J connectivity index is 1.46. The van der Waals surface area contributed by atoms with E-state index < -0.39 is 21.7 Å². The Morgan fingerprint density at radius 2 is 1.79 bits per heavy atom. The lowest BCUT2D eigenvalue weighted by Crippen LogP contribution is -2.23. The van der Waals surface area contributed by atoms with E-state index in [2.05, 4.69) is 25.0 Å².